The van der Waals surface area contributed by atoms with E-state index in [0.29, 0.717) is 35.9 Å². The van der Waals surface area contributed by atoms with Gasteiger partial charge in [0, 0.05) is 17.3 Å². The number of rotatable bonds is 2. The molecule has 1 fully saturated rings. The second-order valence-corrected chi connectivity index (χ2v) is 6.68. The zero-order valence-corrected chi connectivity index (χ0v) is 15.0. The Hall–Kier alpha value is -3.88. The summed E-state index contributed by atoms with van der Waals surface area (Å²) in [5.74, 6) is 6.33. The van der Waals surface area contributed by atoms with E-state index in [4.69, 9.17) is 10.1 Å². The number of nitro groups is 1. The molecule has 3 heterocycles. The number of hydrogen-bond acceptors (Lipinski definition) is 7. The molecule has 2 aliphatic heterocycles. The second-order valence-electron chi connectivity index (χ2n) is 6.68. The molecule has 2 aliphatic rings. The standard InChI is InChI=1S/C20H15N5O3/c1-14-5-8-18(25(26)27)19(22-14)24-12-20(13-24)10-17(23-28-20)7-6-15-3-2-4-16(9-15)11-21/h2-5,8-10,23H,12-13H2,1H3. The van der Waals surface area contributed by atoms with Gasteiger partial charge in [-0.1, -0.05) is 12.0 Å². The Kier molecular flexibility index (Phi) is 4.19. The zero-order chi connectivity index (χ0) is 19.7. The predicted molar refractivity (Wildman–Crippen MR) is 101 cm³/mol. The molecule has 4 rings (SSSR count). The third-order valence-electron chi connectivity index (χ3n) is 4.51. The van der Waals surface area contributed by atoms with E-state index >= 15 is 0 Å². The van der Waals surface area contributed by atoms with Gasteiger partial charge >= 0.3 is 5.69 Å². The van der Waals surface area contributed by atoms with Crippen LogP contribution in [-0.4, -0.2) is 28.6 Å². The third kappa shape index (κ3) is 3.25. The highest BCUT2D eigenvalue weighted by molar-refractivity contribution is 5.61. The van der Waals surface area contributed by atoms with Crippen molar-refractivity contribution in [3.63, 3.8) is 0 Å². The molecule has 0 aliphatic carbocycles. The first-order valence-electron chi connectivity index (χ1n) is 8.54. The van der Waals surface area contributed by atoms with Crippen molar-refractivity contribution in [3.8, 4) is 17.9 Å². The van der Waals surface area contributed by atoms with Gasteiger partial charge in [0.25, 0.3) is 0 Å². The minimum atomic E-state index is -0.586. The average Bonchev–Trinajstić information content (AvgIpc) is 3.10. The van der Waals surface area contributed by atoms with E-state index in [2.05, 4.69) is 28.4 Å². The van der Waals surface area contributed by atoms with Crippen LogP contribution in [0.2, 0.25) is 0 Å². The van der Waals surface area contributed by atoms with Gasteiger partial charge in [-0.05, 0) is 43.2 Å². The summed E-state index contributed by atoms with van der Waals surface area (Å²) in [4.78, 5) is 22.6. The largest absolute Gasteiger partial charge is 0.344 e. The molecule has 0 unspecified atom stereocenters. The molecule has 0 atom stereocenters. The molecule has 1 aromatic heterocycles. The van der Waals surface area contributed by atoms with E-state index in [9.17, 15) is 10.1 Å². The molecule has 1 aromatic carbocycles. The molecule has 0 bridgehead atoms. The Morgan fingerprint density at radius 1 is 1.29 bits per heavy atom. The van der Waals surface area contributed by atoms with Crippen LogP contribution in [0.1, 0.15) is 16.8 Å². The summed E-state index contributed by atoms with van der Waals surface area (Å²) < 4.78 is 0. The Bertz CT molecular complexity index is 1100. The lowest BCUT2D eigenvalue weighted by Crippen LogP contribution is -2.62. The van der Waals surface area contributed by atoms with Crippen molar-refractivity contribution >= 4 is 11.5 Å². The van der Waals surface area contributed by atoms with Gasteiger partial charge in [0.2, 0.25) is 5.82 Å². The molecular weight excluding hydrogens is 358 g/mol. The Morgan fingerprint density at radius 2 is 2.07 bits per heavy atom. The number of allylic oxidation sites excluding steroid dienone is 1. The number of benzene rings is 1. The van der Waals surface area contributed by atoms with E-state index in [0.717, 1.165) is 5.56 Å². The summed E-state index contributed by atoms with van der Waals surface area (Å²) in [5, 5.41) is 20.2. The summed E-state index contributed by atoms with van der Waals surface area (Å²) in [6, 6.07) is 12.2. The molecule has 1 saturated heterocycles. The lowest BCUT2D eigenvalue weighted by Gasteiger charge is -2.45. The fourth-order valence-corrected chi connectivity index (χ4v) is 3.16. The quantitative estimate of drug-likeness (QED) is 0.489. The lowest BCUT2D eigenvalue weighted by molar-refractivity contribution is -0.384. The number of hydrogen-bond donors (Lipinski definition) is 1. The monoisotopic (exact) mass is 373 g/mol. The molecule has 8 nitrogen and oxygen atoms in total. The molecule has 28 heavy (non-hydrogen) atoms. The van der Waals surface area contributed by atoms with Gasteiger partial charge in [-0.3, -0.25) is 20.4 Å². The van der Waals surface area contributed by atoms with Crippen LogP contribution in [0, 0.1) is 40.2 Å². The van der Waals surface area contributed by atoms with E-state index in [1.807, 2.05) is 17.0 Å². The maximum atomic E-state index is 11.3. The van der Waals surface area contributed by atoms with Gasteiger partial charge in [-0.25, -0.2) is 4.98 Å². The molecule has 0 saturated carbocycles. The Balaban J connectivity index is 1.50. The van der Waals surface area contributed by atoms with Gasteiger partial charge in [0.05, 0.1) is 29.6 Å². The number of nitriles is 1. The average molecular weight is 373 g/mol. The van der Waals surface area contributed by atoms with E-state index < -0.39 is 10.5 Å². The number of nitrogens with zero attached hydrogens (tertiary/aromatic N) is 4. The maximum absolute atomic E-state index is 11.3. The first-order valence-corrected chi connectivity index (χ1v) is 8.54. The van der Waals surface area contributed by atoms with Crippen molar-refractivity contribution in [2.75, 3.05) is 18.0 Å². The van der Waals surface area contributed by atoms with Gasteiger partial charge < -0.3 is 4.90 Å². The summed E-state index contributed by atoms with van der Waals surface area (Å²) in [7, 11) is 0. The molecule has 0 radical (unpaired) electrons. The zero-order valence-electron chi connectivity index (χ0n) is 15.0. The predicted octanol–water partition coefficient (Wildman–Crippen LogP) is 2.20. The van der Waals surface area contributed by atoms with E-state index in [1.165, 1.54) is 6.07 Å². The first-order chi connectivity index (χ1) is 13.5. The summed E-state index contributed by atoms with van der Waals surface area (Å²) in [6.45, 7) is 2.67. The fourth-order valence-electron chi connectivity index (χ4n) is 3.16. The summed E-state index contributed by atoms with van der Waals surface area (Å²) in [6.07, 6.45) is 1.88. The van der Waals surface area contributed by atoms with Crippen molar-refractivity contribution in [1.29, 1.82) is 5.26 Å². The molecule has 2 aromatic rings. The molecule has 1 spiro atoms. The van der Waals surface area contributed by atoms with Crippen LogP contribution in [0.15, 0.2) is 48.2 Å². The summed E-state index contributed by atoms with van der Waals surface area (Å²) >= 11 is 0. The number of aryl methyl sites for hydroxylation is 1. The minimum absolute atomic E-state index is 0.0206. The first kappa shape index (κ1) is 17.5. The normalized spacial score (nSPS) is 16.3. The molecule has 0 amide bonds. The van der Waals surface area contributed by atoms with E-state index in [1.54, 1.807) is 31.2 Å². The summed E-state index contributed by atoms with van der Waals surface area (Å²) in [5.41, 5.74) is 4.82. The van der Waals surface area contributed by atoms with Crippen molar-refractivity contribution < 1.29 is 9.76 Å². The third-order valence-corrected chi connectivity index (χ3v) is 4.51. The van der Waals surface area contributed by atoms with Crippen molar-refractivity contribution in [3.05, 3.63) is 75.1 Å². The lowest BCUT2D eigenvalue weighted by atomic mass is 9.93. The number of hydroxylamine groups is 1. The van der Waals surface area contributed by atoms with Crippen molar-refractivity contribution in [2.45, 2.75) is 12.5 Å². The van der Waals surface area contributed by atoms with Crippen molar-refractivity contribution in [2.24, 2.45) is 0 Å². The van der Waals surface area contributed by atoms with Crippen LogP contribution >= 0.6 is 0 Å². The van der Waals surface area contributed by atoms with Crippen LogP contribution < -0.4 is 10.4 Å². The molecule has 138 valence electrons. The van der Waals surface area contributed by atoms with E-state index in [-0.39, 0.29) is 5.69 Å². The maximum Gasteiger partial charge on any atom is 0.311 e. The highest BCUT2D eigenvalue weighted by atomic mass is 16.7. The molecular formula is C20H15N5O3. The number of anilines is 1. The van der Waals surface area contributed by atoms with Gasteiger partial charge in [-0.15, -0.1) is 0 Å². The number of pyridine rings is 1. The van der Waals surface area contributed by atoms with Crippen molar-refractivity contribution in [1.82, 2.24) is 10.5 Å². The SMILES string of the molecule is Cc1ccc([N+](=O)[O-])c(N2CC3(C=C(C#Cc4cccc(C#N)c4)NO3)C2)n1. The second kappa shape index (κ2) is 6.69. The van der Waals surface area contributed by atoms with Crippen LogP contribution in [0.5, 0.6) is 0 Å². The van der Waals surface area contributed by atoms with Crippen LogP contribution in [0.4, 0.5) is 11.5 Å². The minimum Gasteiger partial charge on any atom is -0.344 e. The smallest absolute Gasteiger partial charge is 0.311 e. The number of nitrogens with one attached hydrogen (secondary N) is 1. The van der Waals surface area contributed by atoms with Crippen LogP contribution in [0.25, 0.3) is 0 Å². The Labute approximate surface area is 161 Å². The Morgan fingerprint density at radius 3 is 2.82 bits per heavy atom. The highest BCUT2D eigenvalue weighted by Crippen LogP contribution is 2.37. The molecule has 1 N–H and O–H groups in total. The van der Waals surface area contributed by atoms with Gasteiger partial charge in [0.1, 0.15) is 5.70 Å². The highest BCUT2D eigenvalue weighted by Gasteiger charge is 2.48. The fraction of sp³-hybridized carbons (Fsp3) is 0.200. The van der Waals surface area contributed by atoms with Crippen LogP contribution in [0.3, 0.4) is 0 Å². The van der Waals surface area contributed by atoms with Gasteiger partial charge in [-0.2, -0.15) is 5.26 Å². The number of aromatic nitrogens is 1. The van der Waals surface area contributed by atoms with Gasteiger partial charge in [0.15, 0.2) is 5.60 Å². The topological polar surface area (TPSA) is 104 Å². The molecule has 8 heteroatoms. The van der Waals surface area contributed by atoms with Crippen LogP contribution in [-0.2, 0) is 4.84 Å².